The van der Waals surface area contributed by atoms with E-state index < -0.39 is 0 Å². The van der Waals surface area contributed by atoms with Gasteiger partial charge in [0.2, 0.25) is 5.95 Å². The van der Waals surface area contributed by atoms with Crippen molar-refractivity contribution in [2.75, 3.05) is 19.0 Å². The standard InChI is InChI=1S/C25H23N5O3/c1-16-14-19-20(11-7-12-21(19)30(31)32)29(16)25-27-23-18(10-6-13-22(23)33-2)24(28-25)26-15-17-8-4-3-5-9-17/h4,7-9,11-12,14,22H,6,10,13,15H2,1-2H3,(H,26,27,28). The minimum absolute atomic E-state index is 0.0672. The van der Waals surface area contributed by atoms with Crippen LogP contribution in [-0.2, 0) is 11.2 Å². The van der Waals surface area contributed by atoms with E-state index >= 15 is 0 Å². The number of nitrogens with zero attached hydrogens (tertiary/aromatic N) is 4. The minimum Gasteiger partial charge on any atom is -0.375 e. The van der Waals surface area contributed by atoms with Crippen molar-refractivity contribution < 1.29 is 9.66 Å². The van der Waals surface area contributed by atoms with Crippen LogP contribution in [0.5, 0.6) is 0 Å². The average Bonchev–Trinajstić information content (AvgIpc) is 3.18. The summed E-state index contributed by atoms with van der Waals surface area (Å²) >= 11 is 0. The van der Waals surface area contributed by atoms with Gasteiger partial charge in [-0.3, -0.25) is 14.7 Å². The molecule has 0 spiro atoms. The maximum Gasteiger partial charge on any atom is 0.278 e. The van der Waals surface area contributed by atoms with Crippen molar-refractivity contribution in [1.82, 2.24) is 14.5 Å². The molecule has 8 heteroatoms. The Kier molecular flexibility index (Phi) is 5.40. The van der Waals surface area contributed by atoms with E-state index in [1.54, 1.807) is 13.2 Å². The van der Waals surface area contributed by atoms with Crippen molar-refractivity contribution in [1.29, 1.82) is 0 Å². The first-order valence-corrected chi connectivity index (χ1v) is 10.9. The van der Waals surface area contributed by atoms with Gasteiger partial charge in [0.05, 0.1) is 27.6 Å². The summed E-state index contributed by atoms with van der Waals surface area (Å²) in [7, 11) is 1.70. The summed E-state index contributed by atoms with van der Waals surface area (Å²) in [6, 6.07) is 6.87. The van der Waals surface area contributed by atoms with E-state index in [2.05, 4.69) is 16.8 Å². The lowest BCUT2D eigenvalue weighted by Crippen LogP contribution is -2.20. The summed E-state index contributed by atoms with van der Waals surface area (Å²) in [6.07, 6.45) is 8.34. The fourth-order valence-corrected chi connectivity index (χ4v) is 4.53. The molecule has 3 aromatic rings. The van der Waals surface area contributed by atoms with Gasteiger partial charge in [-0.25, -0.2) is 4.98 Å². The third kappa shape index (κ3) is 3.77. The largest absolute Gasteiger partial charge is 0.375 e. The molecule has 166 valence electrons. The molecule has 8 nitrogen and oxygen atoms in total. The predicted octanol–water partition coefficient (Wildman–Crippen LogP) is 4.88. The van der Waals surface area contributed by atoms with Crippen LogP contribution < -0.4 is 5.32 Å². The average molecular weight is 441 g/mol. The number of aryl methyl sites for hydroxylation is 1. The van der Waals surface area contributed by atoms with E-state index in [1.807, 2.05) is 41.9 Å². The van der Waals surface area contributed by atoms with Crippen LogP contribution in [0.1, 0.15) is 35.9 Å². The number of anilines is 1. The maximum atomic E-state index is 11.6. The molecule has 5 rings (SSSR count). The zero-order valence-electron chi connectivity index (χ0n) is 18.5. The molecule has 1 unspecified atom stereocenters. The SMILES string of the molecule is COC1CCCc2c(NCC3=CC=C=C=C3)nc(-n3c(C)cc4c([N+](=O)[O-])cccc43)nc21. The number of hydrogen-bond acceptors (Lipinski definition) is 6. The topological polar surface area (TPSA) is 95.1 Å². The minimum atomic E-state index is -0.359. The van der Waals surface area contributed by atoms with Crippen molar-refractivity contribution in [3.05, 3.63) is 86.6 Å². The molecule has 2 aliphatic carbocycles. The Morgan fingerprint density at radius 1 is 1.33 bits per heavy atom. The lowest BCUT2D eigenvalue weighted by molar-refractivity contribution is -0.383. The Morgan fingerprint density at radius 2 is 2.21 bits per heavy atom. The maximum absolute atomic E-state index is 11.6. The fraction of sp³-hybridized carbons (Fsp3) is 0.280. The van der Waals surface area contributed by atoms with E-state index in [1.165, 1.54) is 6.07 Å². The molecular formula is C25H23N5O3. The number of nitrogens with one attached hydrogen (secondary N) is 1. The van der Waals surface area contributed by atoms with Gasteiger partial charge in [0.1, 0.15) is 5.82 Å². The molecule has 0 amide bonds. The number of methoxy groups -OCH3 is 1. The van der Waals surface area contributed by atoms with Gasteiger partial charge in [-0.1, -0.05) is 17.5 Å². The number of allylic oxidation sites excluding steroid dienone is 2. The molecule has 1 atom stereocenters. The molecule has 33 heavy (non-hydrogen) atoms. The molecule has 0 aliphatic heterocycles. The normalized spacial score (nSPS) is 16.7. The molecule has 1 aromatic carbocycles. The highest BCUT2D eigenvalue weighted by molar-refractivity contribution is 5.91. The number of ether oxygens (including phenoxy) is 1. The summed E-state index contributed by atoms with van der Waals surface area (Å²) in [5.41, 5.74) is 10.5. The number of hydrogen-bond donors (Lipinski definition) is 1. The van der Waals surface area contributed by atoms with Crippen LogP contribution in [0.2, 0.25) is 0 Å². The molecule has 0 radical (unpaired) electrons. The van der Waals surface area contributed by atoms with Gasteiger partial charge < -0.3 is 10.1 Å². The predicted molar refractivity (Wildman–Crippen MR) is 126 cm³/mol. The molecule has 2 aliphatic rings. The molecule has 0 bridgehead atoms. The number of rotatable bonds is 6. The first-order valence-electron chi connectivity index (χ1n) is 10.9. The highest BCUT2D eigenvalue weighted by atomic mass is 16.6. The fourth-order valence-electron chi connectivity index (χ4n) is 4.53. The van der Waals surface area contributed by atoms with Gasteiger partial charge in [-0.2, -0.15) is 4.98 Å². The van der Waals surface area contributed by atoms with Crippen molar-refractivity contribution in [2.45, 2.75) is 32.3 Å². The number of fused-ring (bicyclic) bond motifs is 2. The summed E-state index contributed by atoms with van der Waals surface area (Å²) in [6.45, 7) is 2.49. The van der Waals surface area contributed by atoms with Crippen LogP contribution in [-0.4, -0.2) is 33.1 Å². The quantitative estimate of drug-likeness (QED) is 0.333. The second-order valence-electron chi connectivity index (χ2n) is 8.14. The lowest BCUT2D eigenvalue weighted by Gasteiger charge is -2.26. The first-order chi connectivity index (χ1) is 16.1. The van der Waals surface area contributed by atoms with E-state index in [0.29, 0.717) is 23.4 Å². The molecule has 2 heterocycles. The van der Waals surface area contributed by atoms with Crippen LogP contribution in [0.4, 0.5) is 11.5 Å². The third-order valence-corrected chi connectivity index (χ3v) is 6.10. The van der Waals surface area contributed by atoms with Gasteiger partial charge >= 0.3 is 0 Å². The number of benzene rings is 1. The molecule has 0 saturated heterocycles. The third-order valence-electron chi connectivity index (χ3n) is 6.10. The number of non-ortho nitro benzene ring substituents is 1. The van der Waals surface area contributed by atoms with Gasteiger partial charge in [0.25, 0.3) is 5.69 Å². The summed E-state index contributed by atoms with van der Waals surface area (Å²) < 4.78 is 7.63. The zero-order valence-corrected chi connectivity index (χ0v) is 18.5. The highest BCUT2D eigenvalue weighted by Crippen LogP contribution is 2.36. The molecule has 1 N–H and O–H groups in total. The van der Waals surface area contributed by atoms with Crippen LogP contribution in [0.3, 0.4) is 0 Å². The summed E-state index contributed by atoms with van der Waals surface area (Å²) in [5.74, 6) is 1.23. The Bertz CT molecular complexity index is 1410. The molecular weight excluding hydrogens is 418 g/mol. The van der Waals surface area contributed by atoms with Crippen LogP contribution in [0, 0.1) is 17.0 Å². The van der Waals surface area contributed by atoms with Crippen LogP contribution in [0.15, 0.2) is 59.5 Å². The van der Waals surface area contributed by atoms with Crippen molar-refractivity contribution in [2.24, 2.45) is 0 Å². The van der Waals surface area contributed by atoms with Gasteiger partial charge in [0.15, 0.2) is 0 Å². The Morgan fingerprint density at radius 3 is 2.97 bits per heavy atom. The van der Waals surface area contributed by atoms with Crippen LogP contribution >= 0.6 is 0 Å². The van der Waals surface area contributed by atoms with E-state index in [0.717, 1.165) is 47.6 Å². The summed E-state index contributed by atoms with van der Waals surface area (Å²) in [5, 5.41) is 15.6. The zero-order chi connectivity index (χ0) is 22.9. The van der Waals surface area contributed by atoms with Crippen molar-refractivity contribution in [3.8, 4) is 5.95 Å². The van der Waals surface area contributed by atoms with Crippen LogP contribution in [0.25, 0.3) is 16.9 Å². The van der Waals surface area contributed by atoms with E-state index in [9.17, 15) is 10.1 Å². The number of nitro groups is 1. The second-order valence-corrected chi connectivity index (χ2v) is 8.14. The smallest absolute Gasteiger partial charge is 0.278 e. The van der Waals surface area contributed by atoms with Crippen molar-refractivity contribution in [3.63, 3.8) is 0 Å². The Hall–Kier alpha value is -3.96. The molecule has 0 fully saturated rings. The highest BCUT2D eigenvalue weighted by Gasteiger charge is 2.27. The van der Waals surface area contributed by atoms with E-state index in [4.69, 9.17) is 14.7 Å². The van der Waals surface area contributed by atoms with Gasteiger partial charge in [-0.05, 0) is 62.1 Å². The Labute approximate surface area is 190 Å². The lowest BCUT2D eigenvalue weighted by atomic mass is 9.93. The first kappa shape index (κ1) is 20.9. The Balaban J connectivity index is 1.65. The summed E-state index contributed by atoms with van der Waals surface area (Å²) in [4.78, 5) is 21.0. The van der Waals surface area contributed by atoms with E-state index in [-0.39, 0.29) is 16.7 Å². The van der Waals surface area contributed by atoms with Gasteiger partial charge in [-0.15, -0.1) is 0 Å². The molecule has 0 saturated carbocycles. The van der Waals surface area contributed by atoms with Crippen molar-refractivity contribution >= 4 is 22.4 Å². The number of aromatic nitrogens is 3. The van der Waals surface area contributed by atoms with Gasteiger partial charge in [0, 0.05) is 31.0 Å². The number of nitro benzene ring substituents is 1. The monoisotopic (exact) mass is 441 g/mol. The molecule has 2 aromatic heterocycles. The second kappa shape index (κ2) is 8.52.